The summed E-state index contributed by atoms with van der Waals surface area (Å²) in [7, 11) is 1.79. The van der Waals surface area contributed by atoms with Gasteiger partial charge in [0.05, 0.1) is 18.2 Å². The molecule has 7 heteroatoms. The van der Waals surface area contributed by atoms with Crippen LogP contribution in [0.2, 0.25) is 10.0 Å². The molecule has 0 fully saturated rings. The lowest BCUT2D eigenvalue weighted by molar-refractivity contribution is -0.131. The molecule has 0 aliphatic rings. The molecule has 0 aliphatic carbocycles. The lowest BCUT2D eigenvalue weighted by Crippen LogP contribution is -2.31. The molecule has 1 aromatic heterocycles. The van der Waals surface area contributed by atoms with E-state index in [9.17, 15) is 4.79 Å². The van der Waals surface area contributed by atoms with Gasteiger partial charge in [0, 0.05) is 17.1 Å². The van der Waals surface area contributed by atoms with Crippen molar-refractivity contribution in [2.75, 3.05) is 7.05 Å². The van der Waals surface area contributed by atoms with E-state index in [1.165, 1.54) is 6.33 Å². The summed E-state index contributed by atoms with van der Waals surface area (Å²) in [6.07, 6.45) is 3.36. The smallest absolute Gasteiger partial charge is 0.227 e. The summed E-state index contributed by atoms with van der Waals surface area (Å²) in [5.74, 6) is -0.0120. The van der Waals surface area contributed by atoms with Gasteiger partial charge >= 0.3 is 0 Å². The van der Waals surface area contributed by atoms with Crippen molar-refractivity contribution in [2.24, 2.45) is 0 Å². The third-order valence-electron chi connectivity index (χ3n) is 4.39. The average Bonchev–Trinajstić information content (AvgIpc) is 3.17. The summed E-state index contributed by atoms with van der Waals surface area (Å²) >= 11 is 12.1. The fourth-order valence-electron chi connectivity index (χ4n) is 2.64. The van der Waals surface area contributed by atoms with Gasteiger partial charge in [-0.05, 0) is 42.3 Å². The number of rotatable bonds is 5. The number of hydrogen-bond acceptors (Lipinski definition) is 3. The van der Waals surface area contributed by atoms with Crippen molar-refractivity contribution in [3.05, 3.63) is 76.3 Å². The minimum Gasteiger partial charge on any atom is -0.339 e. The van der Waals surface area contributed by atoms with Crippen LogP contribution >= 0.6 is 23.2 Å². The summed E-state index contributed by atoms with van der Waals surface area (Å²) < 4.78 is 1.69. The summed E-state index contributed by atoms with van der Waals surface area (Å²) in [6, 6.07) is 13.0. The largest absolute Gasteiger partial charge is 0.339 e. The zero-order chi connectivity index (χ0) is 18.7. The van der Waals surface area contributed by atoms with E-state index in [0.29, 0.717) is 10.0 Å². The van der Waals surface area contributed by atoms with Crippen LogP contribution in [-0.2, 0) is 11.2 Å². The first-order chi connectivity index (χ1) is 12.5. The average molecular weight is 389 g/mol. The van der Waals surface area contributed by atoms with E-state index in [2.05, 4.69) is 10.1 Å². The van der Waals surface area contributed by atoms with Gasteiger partial charge in [-0.15, -0.1) is 0 Å². The summed E-state index contributed by atoms with van der Waals surface area (Å²) in [6.45, 7) is 1.99. The molecule has 0 aliphatic heterocycles. The Bertz CT molecular complexity index is 894. The fourth-order valence-corrected chi connectivity index (χ4v) is 3.11. The molecule has 0 radical (unpaired) electrons. The number of aromatic nitrogens is 3. The molecule has 2 aromatic carbocycles. The van der Waals surface area contributed by atoms with Crippen molar-refractivity contribution in [1.82, 2.24) is 19.7 Å². The predicted octanol–water partition coefficient (Wildman–Crippen LogP) is 4.34. The molecule has 0 saturated heterocycles. The maximum Gasteiger partial charge on any atom is 0.227 e. The Morgan fingerprint density at radius 2 is 1.92 bits per heavy atom. The van der Waals surface area contributed by atoms with Gasteiger partial charge < -0.3 is 4.90 Å². The SMILES string of the molecule is C[C@H](c1ccc(-n2cncn2)cc1)N(C)C(=O)Cc1ccc(Cl)cc1Cl. The highest BCUT2D eigenvalue weighted by Crippen LogP contribution is 2.24. The number of benzene rings is 2. The maximum absolute atomic E-state index is 12.6. The molecule has 0 spiro atoms. The lowest BCUT2D eigenvalue weighted by Gasteiger charge is -2.26. The number of likely N-dealkylation sites (N-methyl/N-ethyl adjacent to an activating group) is 1. The van der Waals surface area contributed by atoms with Crippen molar-refractivity contribution in [2.45, 2.75) is 19.4 Å². The normalized spacial score (nSPS) is 12.0. The number of halogens is 2. The van der Waals surface area contributed by atoms with Crippen molar-refractivity contribution < 1.29 is 4.79 Å². The Labute approximate surface area is 162 Å². The molecular weight excluding hydrogens is 371 g/mol. The lowest BCUT2D eigenvalue weighted by atomic mass is 10.1. The zero-order valence-corrected chi connectivity index (χ0v) is 15.9. The first kappa shape index (κ1) is 18.4. The number of carbonyl (C=O) groups excluding carboxylic acids is 1. The van der Waals surface area contributed by atoms with Crippen LogP contribution in [0.25, 0.3) is 5.69 Å². The van der Waals surface area contributed by atoms with Gasteiger partial charge in [-0.2, -0.15) is 5.10 Å². The van der Waals surface area contributed by atoms with Crippen LogP contribution in [0, 0.1) is 0 Å². The van der Waals surface area contributed by atoms with Gasteiger partial charge in [-0.1, -0.05) is 41.4 Å². The third kappa shape index (κ3) is 4.06. The highest BCUT2D eigenvalue weighted by molar-refractivity contribution is 6.35. The molecule has 0 unspecified atom stereocenters. The number of hydrogen-bond donors (Lipinski definition) is 0. The van der Waals surface area contributed by atoms with E-state index >= 15 is 0 Å². The van der Waals surface area contributed by atoms with Gasteiger partial charge in [0.15, 0.2) is 0 Å². The molecule has 1 heterocycles. The van der Waals surface area contributed by atoms with Gasteiger partial charge in [0.1, 0.15) is 12.7 Å². The van der Waals surface area contributed by atoms with Crippen molar-refractivity contribution in [3.63, 3.8) is 0 Å². The molecule has 3 aromatic rings. The second kappa shape index (κ2) is 7.89. The Morgan fingerprint density at radius 3 is 2.54 bits per heavy atom. The maximum atomic E-state index is 12.6. The molecule has 0 saturated carbocycles. The van der Waals surface area contributed by atoms with Crippen LogP contribution in [0.4, 0.5) is 0 Å². The Balaban J connectivity index is 1.70. The van der Waals surface area contributed by atoms with Crippen LogP contribution < -0.4 is 0 Å². The Hall–Kier alpha value is -2.37. The predicted molar refractivity (Wildman–Crippen MR) is 103 cm³/mol. The summed E-state index contributed by atoms with van der Waals surface area (Å²) in [5, 5.41) is 5.16. The molecule has 5 nitrogen and oxygen atoms in total. The zero-order valence-electron chi connectivity index (χ0n) is 14.4. The molecule has 1 atom stereocenters. The molecule has 0 bridgehead atoms. The van der Waals surface area contributed by atoms with Crippen LogP contribution in [0.5, 0.6) is 0 Å². The van der Waals surface area contributed by atoms with E-state index in [1.54, 1.807) is 41.2 Å². The minimum absolute atomic E-state index is 0.0120. The fraction of sp³-hybridized carbons (Fsp3) is 0.211. The van der Waals surface area contributed by atoms with Gasteiger partial charge in [0.2, 0.25) is 5.91 Å². The van der Waals surface area contributed by atoms with Gasteiger partial charge in [-0.25, -0.2) is 9.67 Å². The second-order valence-electron chi connectivity index (χ2n) is 6.02. The van der Waals surface area contributed by atoms with E-state index in [4.69, 9.17) is 23.2 Å². The van der Waals surface area contributed by atoms with Crippen molar-refractivity contribution in [1.29, 1.82) is 0 Å². The monoisotopic (exact) mass is 388 g/mol. The minimum atomic E-state index is -0.0710. The molecule has 3 rings (SSSR count). The van der Waals surface area contributed by atoms with E-state index in [-0.39, 0.29) is 18.4 Å². The quantitative estimate of drug-likeness (QED) is 0.653. The standard InChI is InChI=1S/C19H18Cl2N4O/c1-13(14-4-7-17(8-5-14)25-12-22-11-23-25)24(2)19(26)9-15-3-6-16(20)10-18(15)21/h3-8,10-13H,9H2,1-2H3/t13-/m1/s1. The number of nitrogens with zero attached hydrogens (tertiary/aromatic N) is 4. The molecule has 1 amide bonds. The van der Waals surface area contributed by atoms with E-state index in [0.717, 1.165) is 16.8 Å². The first-order valence-electron chi connectivity index (χ1n) is 8.10. The molecule has 134 valence electrons. The molecule has 0 N–H and O–H groups in total. The number of carbonyl (C=O) groups is 1. The first-order valence-corrected chi connectivity index (χ1v) is 8.86. The summed E-state index contributed by atoms with van der Waals surface area (Å²) in [5.41, 5.74) is 2.72. The van der Waals surface area contributed by atoms with Crippen LogP contribution in [-0.4, -0.2) is 32.6 Å². The van der Waals surface area contributed by atoms with Crippen molar-refractivity contribution in [3.8, 4) is 5.69 Å². The van der Waals surface area contributed by atoms with Gasteiger partial charge in [-0.3, -0.25) is 4.79 Å². The van der Waals surface area contributed by atoms with Crippen LogP contribution in [0.1, 0.15) is 24.1 Å². The summed E-state index contributed by atoms with van der Waals surface area (Å²) in [4.78, 5) is 18.3. The van der Waals surface area contributed by atoms with Gasteiger partial charge in [0.25, 0.3) is 0 Å². The number of amides is 1. The highest BCUT2D eigenvalue weighted by Gasteiger charge is 2.19. The van der Waals surface area contributed by atoms with Crippen LogP contribution in [0.15, 0.2) is 55.1 Å². The molecule has 26 heavy (non-hydrogen) atoms. The molecular formula is C19H18Cl2N4O. The van der Waals surface area contributed by atoms with E-state index in [1.807, 2.05) is 31.2 Å². The topological polar surface area (TPSA) is 51.0 Å². The highest BCUT2D eigenvalue weighted by atomic mass is 35.5. The van der Waals surface area contributed by atoms with E-state index < -0.39 is 0 Å². The van der Waals surface area contributed by atoms with Crippen molar-refractivity contribution >= 4 is 29.1 Å². The van der Waals surface area contributed by atoms with Crippen LogP contribution in [0.3, 0.4) is 0 Å². The third-order valence-corrected chi connectivity index (χ3v) is 4.98. The Morgan fingerprint density at radius 1 is 1.19 bits per heavy atom. The second-order valence-corrected chi connectivity index (χ2v) is 6.87. The Kier molecular flexibility index (Phi) is 5.59.